The molecule has 0 radical (unpaired) electrons. The predicted molar refractivity (Wildman–Crippen MR) is 97.4 cm³/mol. The molecule has 0 heterocycles. The van der Waals surface area contributed by atoms with Crippen molar-refractivity contribution >= 4 is 17.6 Å². The lowest BCUT2D eigenvalue weighted by Gasteiger charge is -2.17. The first-order valence-electron chi connectivity index (χ1n) is 8.37. The van der Waals surface area contributed by atoms with E-state index in [4.69, 9.17) is 4.74 Å². The lowest BCUT2D eigenvalue weighted by atomic mass is 10.0. The largest absolute Gasteiger partial charge is 0.490 e. The van der Waals surface area contributed by atoms with Crippen molar-refractivity contribution in [3.05, 3.63) is 69.3 Å². The molecule has 0 aliphatic heterocycles. The third-order valence-corrected chi connectivity index (χ3v) is 3.99. The molecule has 1 atom stereocenters. The van der Waals surface area contributed by atoms with E-state index in [0.29, 0.717) is 11.6 Å². The molecule has 1 amide bonds. The zero-order chi connectivity index (χ0) is 21.6. The lowest BCUT2D eigenvalue weighted by Crippen LogP contribution is -2.43. The van der Waals surface area contributed by atoms with Crippen LogP contribution < -0.4 is 10.1 Å². The Morgan fingerprint density at radius 2 is 1.76 bits per heavy atom. The van der Waals surface area contributed by atoms with Gasteiger partial charge in [0.2, 0.25) is 5.91 Å². The smallest absolute Gasteiger partial charge is 0.328 e. The molecule has 154 valence electrons. The van der Waals surface area contributed by atoms with Crippen LogP contribution in [0.1, 0.15) is 11.1 Å². The molecule has 0 spiro atoms. The lowest BCUT2D eigenvalue weighted by molar-refractivity contribution is -0.385. The molecule has 2 aromatic carbocycles. The van der Waals surface area contributed by atoms with Crippen LogP contribution >= 0.6 is 0 Å². The number of nitro groups is 1. The van der Waals surface area contributed by atoms with Crippen molar-refractivity contribution in [3.8, 4) is 5.75 Å². The van der Waals surface area contributed by atoms with Gasteiger partial charge in [0, 0.05) is 18.6 Å². The van der Waals surface area contributed by atoms with Crippen LogP contribution in [-0.4, -0.2) is 37.1 Å². The minimum atomic E-state index is -1.15. The quantitative estimate of drug-likeness (QED) is 0.408. The number of ether oxygens (including phenoxy) is 2. The zero-order valence-corrected chi connectivity index (χ0v) is 15.6. The summed E-state index contributed by atoms with van der Waals surface area (Å²) in [6.45, 7) is 0. The minimum absolute atomic E-state index is 0.0468. The van der Waals surface area contributed by atoms with Crippen molar-refractivity contribution < 1.29 is 32.8 Å². The van der Waals surface area contributed by atoms with Gasteiger partial charge in [-0.25, -0.2) is 13.6 Å². The topological polar surface area (TPSA) is 108 Å². The Morgan fingerprint density at radius 3 is 2.31 bits per heavy atom. The predicted octanol–water partition coefficient (Wildman–Crippen LogP) is 2.32. The number of halogens is 2. The third kappa shape index (κ3) is 5.96. The Morgan fingerprint density at radius 1 is 1.10 bits per heavy atom. The van der Waals surface area contributed by atoms with Gasteiger partial charge in [-0.05, 0) is 29.3 Å². The Kier molecular flexibility index (Phi) is 7.18. The molecule has 0 aromatic heterocycles. The molecular weight excluding hydrogens is 390 g/mol. The second kappa shape index (κ2) is 9.58. The van der Waals surface area contributed by atoms with Gasteiger partial charge in [0.1, 0.15) is 17.7 Å². The standard InChI is InChI=1S/C19H18F2N2O6/c1-28-17-4-3-11(8-16(17)23(26)27)7-15(19(25)29-2)22-18(24)9-12-5-13(20)10-14(21)6-12/h3-6,8,10,15H,7,9H2,1-2H3,(H,22,24)/t15-/m1/s1. The van der Waals surface area contributed by atoms with E-state index in [1.54, 1.807) is 0 Å². The van der Waals surface area contributed by atoms with Crippen LogP contribution in [0, 0.1) is 21.7 Å². The maximum absolute atomic E-state index is 13.3. The molecule has 2 rings (SSSR count). The monoisotopic (exact) mass is 408 g/mol. The first-order valence-corrected chi connectivity index (χ1v) is 8.37. The number of nitrogens with one attached hydrogen (secondary N) is 1. The number of carbonyl (C=O) groups is 2. The van der Waals surface area contributed by atoms with Gasteiger partial charge in [-0.3, -0.25) is 14.9 Å². The second-order valence-electron chi connectivity index (χ2n) is 6.07. The Balaban J connectivity index is 2.17. The highest BCUT2D eigenvalue weighted by Gasteiger charge is 2.24. The van der Waals surface area contributed by atoms with E-state index in [9.17, 15) is 28.5 Å². The summed E-state index contributed by atoms with van der Waals surface area (Å²) in [7, 11) is 2.41. The van der Waals surface area contributed by atoms with Crippen LogP contribution in [0.4, 0.5) is 14.5 Å². The van der Waals surface area contributed by atoms with E-state index in [1.165, 1.54) is 25.3 Å². The summed E-state index contributed by atoms with van der Waals surface area (Å²) >= 11 is 0. The molecule has 0 fully saturated rings. The number of esters is 1. The highest BCUT2D eigenvalue weighted by molar-refractivity contribution is 5.85. The number of hydrogen-bond acceptors (Lipinski definition) is 6. The second-order valence-corrected chi connectivity index (χ2v) is 6.07. The van der Waals surface area contributed by atoms with Gasteiger partial charge in [-0.15, -0.1) is 0 Å². The van der Waals surface area contributed by atoms with Gasteiger partial charge in [-0.1, -0.05) is 6.07 Å². The van der Waals surface area contributed by atoms with Gasteiger partial charge in [0.15, 0.2) is 5.75 Å². The van der Waals surface area contributed by atoms with Crippen LogP contribution in [0.15, 0.2) is 36.4 Å². The van der Waals surface area contributed by atoms with E-state index in [0.717, 1.165) is 19.2 Å². The molecule has 0 bridgehead atoms. The number of nitrogens with zero attached hydrogens (tertiary/aromatic N) is 1. The third-order valence-electron chi connectivity index (χ3n) is 3.99. The number of hydrogen-bond donors (Lipinski definition) is 1. The molecule has 8 nitrogen and oxygen atoms in total. The Labute approximate surface area is 164 Å². The van der Waals surface area contributed by atoms with Crippen LogP contribution in [0.25, 0.3) is 0 Å². The van der Waals surface area contributed by atoms with E-state index < -0.39 is 34.5 Å². The van der Waals surface area contributed by atoms with Gasteiger partial charge in [-0.2, -0.15) is 0 Å². The first-order chi connectivity index (χ1) is 13.7. The molecule has 10 heteroatoms. The van der Waals surface area contributed by atoms with Crippen molar-refractivity contribution in [1.82, 2.24) is 5.32 Å². The molecule has 0 aliphatic rings. The molecule has 0 aliphatic carbocycles. The number of amides is 1. The summed E-state index contributed by atoms with van der Waals surface area (Å²) in [5.41, 5.74) is 0.170. The molecule has 0 saturated carbocycles. The summed E-state index contributed by atoms with van der Waals surface area (Å²) in [5.74, 6) is -3.06. The van der Waals surface area contributed by atoms with Crippen molar-refractivity contribution in [2.45, 2.75) is 18.9 Å². The number of rotatable bonds is 8. The number of nitro benzene ring substituents is 1. The summed E-state index contributed by atoms with van der Waals surface area (Å²) in [6.07, 6.45) is -0.467. The maximum atomic E-state index is 13.3. The van der Waals surface area contributed by atoms with Gasteiger partial charge in [0.25, 0.3) is 0 Å². The minimum Gasteiger partial charge on any atom is -0.490 e. The summed E-state index contributed by atoms with van der Waals surface area (Å²) in [4.78, 5) is 34.8. The average Bonchev–Trinajstić information content (AvgIpc) is 2.65. The van der Waals surface area contributed by atoms with E-state index >= 15 is 0 Å². The van der Waals surface area contributed by atoms with Crippen LogP contribution in [0.3, 0.4) is 0 Å². The fraction of sp³-hybridized carbons (Fsp3) is 0.263. The average molecular weight is 408 g/mol. The summed E-state index contributed by atoms with van der Waals surface area (Å²) < 4.78 is 36.1. The number of carbonyl (C=O) groups excluding carboxylic acids is 2. The highest BCUT2D eigenvalue weighted by Crippen LogP contribution is 2.28. The maximum Gasteiger partial charge on any atom is 0.328 e. The highest BCUT2D eigenvalue weighted by atomic mass is 19.1. The Bertz CT molecular complexity index is 915. The van der Waals surface area contributed by atoms with Gasteiger partial charge in [0.05, 0.1) is 25.6 Å². The van der Waals surface area contributed by atoms with E-state index in [-0.39, 0.29) is 29.8 Å². The van der Waals surface area contributed by atoms with Gasteiger partial charge < -0.3 is 14.8 Å². The van der Waals surface area contributed by atoms with Crippen LogP contribution in [-0.2, 0) is 27.2 Å². The van der Waals surface area contributed by atoms with E-state index in [2.05, 4.69) is 10.1 Å². The van der Waals surface area contributed by atoms with Crippen molar-refractivity contribution in [2.24, 2.45) is 0 Å². The molecule has 2 aromatic rings. The fourth-order valence-electron chi connectivity index (χ4n) is 2.72. The molecule has 0 unspecified atom stereocenters. The molecular formula is C19H18F2N2O6. The number of benzene rings is 2. The van der Waals surface area contributed by atoms with Gasteiger partial charge >= 0.3 is 11.7 Å². The molecule has 29 heavy (non-hydrogen) atoms. The normalized spacial score (nSPS) is 11.4. The molecule has 0 saturated heterocycles. The summed E-state index contributed by atoms with van der Waals surface area (Å²) in [6, 6.07) is 5.64. The van der Waals surface area contributed by atoms with Crippen LogP contribution in [0.5, 0.6) is 5.75 Å². The first kappa shape index (κ1) is 21.7. The molecule has 1 N–H and O–H groups in total. The SMILES string of the molecule is COC(=O)[C@@H](Cc1ccc(OC)c([N+](=O)[O-])c1)NC(=O)Cc1cc(F)cc(F)c1. The van der Waals surface area contributed by atoms with Crippen molar-refractivity contribution in [3.63, 3.8) is 0 Å². The number of methoxy groups -OCH3 is 2. The van der Waals surface area contributed by atoms with E-state index in [1.807, 2.05) is 0 Å². The van der Waals surface area contributed by atoms with Crippen molar-refractivity contribution in [1.29, 1.82) is 0 Å². The Hall–Kier alpha value is -3.56. The van der Waals surface area contributed by atoms with Crippen LogP contribution in [0.2, 0.25) is 0 Å². The fourth-order valence-corrected chi connectivity index (χ4v) is 2.72. The summed E-state index contributed by atoms with van der Waals surface area (Å²) in [5, 5.41) is 13.6. The van der Waals surface area contributed by atoms with Crippen molar-refractivity contribution in [2.75, 3.05) is 14.2 Å². The zero-order valence-electron chi connectivity index (χ0n) is 15.6.